The molecule has 3 rings (SSSR count). The topological polar surface area (TPSA) is 92.6 Å². The van der Waals surface area contributed by atoms with Gasteiger partial charge in [0.15, 0.2) is 23.8 Å². The van der Waals surface area contributed by atoms with Crippen LogP contribution in [-0.4, -0.2) is 45.3 Å². The predicted octanol–water partition coefficient (Wildman–Crippen LogP) is 3.75. The van der Waals surface area contributed by atoms with Crippen LogP contribution in [0.4, 0.5) is 0 Å². The average Bonchev–Trinajstić information content (AvgIpc) is 3.13. The molecular weight excluding hydrogens is 470 g/mol. The van der Waals surface area contributed by atoms with Crippen LogP contribution in [0, 0.1) is 0 Å². The number of benzene rings is 2. The van der Waals surface area contributed by atoms with Gasteiger partial charge in [-0.1, -0.05) is 0 Å². The molecule has 2 aromatic rings. The van der Waals surface area contributed by atoms with Crippen molar-refractivity contribution >= 4 is 39.8 Å². The second-order valence-electron chi connectivity index (χ2n) is 6.19. The fraction of sp³-hybridized carbons (Fsp3) is 0.227. The van der Waals surface area contributed by atoms with Gasteiger partial charge >= 0.3 is 11.9 Å². The first-order chi connectivity index (χ1) is 14.9. The molecule has 1 heterocycles. The van der Waals surface area contributed by atoms with Crippen LogP contribution in [0.2, 0.25) is 0 Å². The zero-order valence-electron chi connectivity index (χ0n) is 17.1. The third kappa shape index (κ3) is 5.43. The Kier molecular flexibility index (Phi) is 7.30. The SMILES string of the molecule is CCOc1cc(/C=C2/N=C(c3ccc(OC)cc3)OC2=O)cc(Br)c1OCC(=O)OC. The van der Waals surface area contributed by atoms with Crippen molar-refractivity contribution in [2.75, 3.05) is 27.4 Å². The fourth-order valence-electron chi connectivity index (χ4n) is 2.69. The van der Waals surface area contributed by atoms with Gasteiger partial charge in [0, 0.05) is 5.56 Å². The number of methoxy groups -OCH3 is 2. The Morgan fingerprint density at radius 2 is 1.90 bits per heavy atom. The molecule has 31 heavy (non-hydrogen) atoms. The molecule has 0 saturated carbocycles. The summed E-state index contributed by atoms with van der Waals surface area (Å²) in [6, 6.07) is 10.4. The summed E-state index contributed by atoms with van der Waals surface area (Å²) in [7, 11) is 2.85. The number of carbonyl (C=O) groups is 2. The first-order valence-electron chi connectivity index (χ1n) is 9.28. The van der Waals surface area contributed by atoms with E-state index in [0.717, 1.165) is 0 Å². The molecule has 2 aromatic carbocycles. The van der Waals surface area contributed by atoms with Gasteiger partial charge in [0.2, 0.25) is 5.90 Å². The molecule has 9 heteroatoms. The van der Waals surface area contributed by atoms with Gasteiger partial charge in [-0.3, -0.25) is 0 Å². The monoisotopic (exact) mass is 489 g/mol. The molecule has 0 saturated heterocycles. The second kappa shape index (κ2) is 10.1. The van der Waals surface area contributed by atoms with Gasteiger partial charge in [-0.2, -0.15) is 0 Å². The lowest BCUT2D eigenvalue weighted by molar-refractivity contribution is -0.143. The molecule has 0 bridgehead atoms. The Labute approximate surface area is 187 Å². The number of cyclic esters (lactones) is 1. The molecule has 1 aliphatic heterocycles. The minimum atomic E-state index is -0.564. The van der Waals surface area contributed by atoms with Gasteiger partial charge in [0.1, 0.15) is 5.75 Å². The van der Waals surface area contributed by atoms with Crippen LogP contribution >= 0.6 is 15.9 Å². The van der Waals surface area contributed by atoms with Crippen molar-refractivity contribution in [3.8, 4) is 17.2 Å². The van der Waals surface area contributed by atoms with Crippen LogP contribution in [0.25, 0.3) is 6.08 Å². The van der Waals surface area contributed by atoms with Gasteiger partial charge < -0.3 is 23.7 Å². The van der Waals surface area contributed by atoms with E-state index in [9.17, 15) is 9.59 Å². The minimum Gasteiger partial charge on any atom is -0.497 e. The smallest absolute Gasteiger partial charge is 0.363 e. The molecule has 8 nitrogen and oxygen atoms in total. The first kappa shape index (κ1) is 22.4. The van der Waals surface area contributed by atoms with E-state index < -0.39 is 11.9 Å². The molecule has 0 spiro atoms. The van der Waals surface area contributed by atoms with Crippen molar-refractivity contribution < 1.29 is 33.3 Å². The van der Waals surface area contributed by atoms with Gasteiger partial charge in [0.25, 0.3) is 0 Å². The number of aliphatic imine (C=N–C) groups is 1. The maximum atomic E-state index is 12.3. The Hall–Kier alpha value is -3.33. The van der Waals surface area contributed by atoms with E-state index in [4.69, 9.17) is 18.9 Å². The van der Waals surface area contributed by atoms with Crippen LogP contribution in [0.15, 0.2) is 51.6 Å². The molecular formula is C22H20BrNO7. The highest BCUT2D eigenvalue weighted by Crippen LogP contribution is 2.38. The van der Waals surface area contributed by atoms with E-state index in [2.05, 4.69) is 25.7 Å². The molecule has 0 unspecified atom stereocenters. The fourth-order valence-corrected chi connectivity index (χ4v) is 3.26. The molecule has 1 aliphatic rings. The van der Waals surface area contributed by atoms with Crippen LogP contribution < -0.4 is 14.2 Å². The number of ether oxygens (including phenoxy) is 5. The molecule has 0 aliphatic carbocycles. The number of carbonyl (C=O) groups excluding carboxylic acids is 2. The van der Waals surface area contributed by atoms with Crippen LogP contribution in [0.3, 0.4) is 0 Å². The van der Waals surface area contributed by atoms with Crippen molar-refractivity contribution in [2.45, 2.75) is 6.92 Å². The Bertz CT molecular complexity index is 1040. The predicted molar refractivity (Wildman–Crippen MR) is 116 cm³/mol. The molecule has 0 atom stereocenters. The summed E-state index contributed by atoms with van der Waals surface area (Å²) < 4.78 is 26.7. The van der Waals surface area contributed by atoms with Crippen LogP contribution in [0.1, 0.15) is 18.1 Å². The van der Waals surface area contributed by atoms with Crippen molar-refractivity contribution in [1.82, 2.24) is 0 Å². The summed E-state index contributed by atoms with van der Waals surface area (Å²) >= 11 is 3.42. The first-order valence-corrected chi connectivity index (χ1v) is 10.1. The van der Waals surface area contributed by atoms with Gasteiger partial charge in [-0.25, -0.2) is 14.6 Å². The minimum absolute atomic E-state index is 0.142. The number of esters is 2. The summed E-state index contributed by atoms with van der Waals surface area (Å²) in [4.78, 5) is 28.0. The lowest BCUT2D eigenvalue weighted by Gasteiger charge is -2.14. The summed E-state index contributed by atoms with van der Waals surface area (Å²) in [6.45, 7) is 1.93. The number of rotatable bonds is 8. The Balaban J connectivity index is 1.89. The summed E-state index contributed by atoms with van der Waals surface area (Å²) in [6.07, 6.45) is 1.58. The largest absolute Gasteiger partial charge is 0.497 e. The molecule has 0 aromatic heterocycles. The maximum Gasteiger partial charge on any atom is 0.363 e. The van der Waals surface area contributed by atoms with E-state index in [-0.39, 0.29) is 18.2 Å². The van der Waals surface area contributed by atoms with E-state index >= 15 is 0 Å². The van der Waals surface area contributed by atoms with Crippen molar-refractivity contribution in [1.29, 1.82) is 0 Å². The highest BCUT2D eigenvalue weighted by atomic mass is 79.9. The summed E-state index contributed by atoms with van der Waals surface area (Å²) in [5.41, 5.74) is 1.43. The Morgan fingerprint density at radius 1 is 1.16 bits per heavy atom. The van der Waals surface area contributed by atoms with Gasteiger partial charge in [-0.05, 0) is 70.9 Å². The van der Waals surface area contributed by atoms with Crippen LogP contribution in [-0.2, 0) is 19.1 Å². The van der Waals surface area contributed by atoms with E-state index in [1.165, 1.54) is 7.11 Å². The van der Waals surface area contributed by atoms with Gasteiger partial charge in [0.05, 0.1) is 25.3 Å². The number of nitrogens with zero attached hydrogens (tertiary/aromatic N) is 1. The molecule has 0 N–H and O–H groups in total. The lowest BCUT2D eigenvalue weighted by Crippen LogP contribution is -2.13. The maximum absolute atomic E-state index is 12.3. The van der Waals surface area contributed by atoms with E-state index in [1.54, 1.807) is 49.6 Å². The second-order valence-corrected chi connectivity index (χ2v) is 7.05. The highest BCUT2D eigenvalue weighted by molar-refractivity contribution is 9.10. The molecule has 162 valence electrons. The van der Waals surface area contributed by atoms with Crippen molar-refractivity contribution in [3.05, 3.63) is 57.7 Å². The molecule has 0 radical (unpaired) electrons. The third-order valence-electron chi connectivity index (χ3n) is 4.15. The number of hydrogen-bond acceptors (Lipinski definition) is 8. The Morgan fingerprint density at radius 3 is 2.55 bits per heavy atom. The molecule has 0 fully saturated rings. The highest BCUT2D eigenvalue weighted by Gasteiger charge is 2.24. The summed E-state index contributed by atoms with van der Waals surface area (Å²) in [5.74, 6) is 0.568. The van der Waals surface area contributed by atoms with E-state index in [0.29, 0.717) is 39.5 Å². The third-order valence-corrected chi connectivity index (χ3v) is 4.74. The van der Waals surface area contributed by atoms with Crippen LogP contribution in [0.5, 0.6) is 17.2 Å². The number of halogens is 1. The van der Waals surface area contributed by atoms with Crippen molar-refractivity contribution in [3.63, 3.8) is 0 Å². The van der Waals surface area contributed by atoms with Crippen molar-refractivity contribution in [2.24, 2.45) is 4.99 Å². The van der Waals surface area contributed by atoms with Gasteiger partial charge in [-0.15, -0.1) is 0 Å². The number of hydrogen-bond donors (Lipinski definition) is 0. The zero-order valence-corrected chi connectivity index (χ0v) is 18.7. The zero-order chi connectivity index (χ0) is 22.4. The standard InChI is InChI=1S/C22H20BrNO7/c1-4-29-18-11-13(9-16(23)20(18)30-12-19(25)28-3)10-17-22(26)31-21(24-17)14-5-7-15(27-2)8-6-14/h5-11H,4,12H2,1-3H3/b17-10+. The lowest BCUT2D eigenvalue weighted by atomic mass is 10.1. The quantitative estimate of drug-likeness (QED) is 0.411. The summed E-state index contributed by atoms with van der Waals surface area (Å²) in [5, 5.41) is 0. The molecule has 0 amide bonds. The van der Waals surface area contributed by atoms with E-state index in [1.807, 2.05) is 6.92 Å². The average molecular weight is 490 g/mol. The normalized spacial score (nSPS) is 14.1.